The molecule has 14 nitrogen and oxygen atoms in total. The van der Waals surface area contributed by atoms with E-state index in [4.69, 9.17) is 22.9 Å². The number of hydrogen-bond donors (Lipinski definition) is 8. The summed E-state index contributed by atoms with van der Waals surface area (Å²) in [6.45, 7) is 4.05. The highest BCUT2D eigenvalue weighted by molar-refractivity contribution is 7.98. The van der Waals surface area contributed by atoms with Crippen LogP contribution in [0.5, 0.6) is 0 Å². The fraction of sp³-hybridized carbons (Fsp3) is 0.727. The van der Waals surface area contributed by atoms with Crippen LogP contribution < -0.4 is 38.9 Å². The number of primary amides is 1. The molecular formula is C22H42N8O6S. The van der Waals surface area contributed by atoms with Crippen LogP contribution in [-0.2, 0) is 24.0 Å². The predicted molar refractivity (Wildman–Crippen MR) is 142 cm³/mol. The first-order chi connectivity index (χ1) is 17.3. The summed E-state index contributed by atoms with van der Waals surface area (Å²) in [5.41, 5.74) is 21.6. The molecule has 0 aliphatic heterocycles. The van der Waals surface area contributed by atoms with Gasteiger partial charge in [0.15, 0.2) is 5.96 Å². The van der Waals surface area contributed by atoms with Crippen molar-refractivity contribution in [2.24, 2.45) is 33.8 Å². The van der Waals surface area contributed by atoms with E-state index in [1.165, 1.54) is 11.8 Å². The molecule has 15 heteroatoms. The van der Waals surface area contributed by atoms with Crippen LogP contribution in [0.1, 0.15) is 52.4 Å². The molecule has 4 amide bonds. The third kappa shape index (κ3) is 15.6. The lowest BCUT2D eigenvalue weighted by Crippen LogP contribution is -2.57. The van der Waals surface area contributed by atoms with E-state index in [1.807, 2.05) is 20.1 Å². The number of nitrogens with one attached hydrogen (secondary N) is 3. The van der Waals surface area contributed by atoms with Gasteiger partial charge in [0.05, 0.1) is 6.04 Å². The van der Waals surface area contributed by atoms with Gasteiger partial charge in [-0.2, -0.15) is 11.8 Å². The second-order valence-corrected chi connectivity index (χ2v) is 9.98. The molecule has 0 rings (SSSR count). The molecule has 0 aromatic rings. The van der Waals surface area contributed by atoms with Crippen molar-refractivity contribution in [3.63, 3.8) is 0 Å². The summed E-state index contributed by atoms with van der Waals surface area (Å²) in [6, 6.07) is -4.27. The smallest absolute Gasteiger partial charge is 0.326 e. The Morgan fingerprint density at radius 1 is 0.865 bits per heavy atom. The summed E-state index contributed by atoms with van der Waals surface area (Å²) in [4.78, 5) is 65.0. The van der Waals surface area contributed by atoms with Crippen molar-refractivity contribution in [2.45, 2.75) is 76.5 Å². The molecule has 0 heterocycles. The normalized spacial score (nSPS) is 14.1. The fourth-order valence-electron chi connectivity index (χ4n) is 3.23. The van der Waals surface area contributed by atoms with Crippen molar-refractivity contribution in [2.75, 3.05) is 18.6 Å². The van der Waals surface area contributed by atoms with Gasteiger partial charge in [-0.15, -0.1) is 0 Å². The van der Waals surface area contributed by atoms with Crippen LogP contribution in [0.2, 0.25) is 0 Å². The largest absolute Gasteiger partial charge is 0.480 e. The number of carbonyl (C=O) groups excluding carboxylic acids is 4. The number of aliphatic carboxylic acids is 1. The van der Waals surface area contributed by atoms with Crippen LogP contribution >= 0.6 is 11.8 Å². The third-order valence-electron chi connectivity index (χ3n) is 5.18. The lowest BCUT2D eigenvalue weighted by atomic mass is 10.0. The summed E-state index contributed by atoms with van der Waals surface area (Å²) >= 11 is 1.44. The fourth-order valence-corrected chi connectivity index (χ4v) is 3.70. The monoisotopic (exact) mass is 546 g/mol. The number of guanidine groups is 1. The molecule has 4 unspecified atom stereocenters. The van der Waals surface area contributed by atoms with Crippen molar-refractivity contribution in [3.8, 4) is 0 Å². The SMILES string of the molecule is CSCCC(NC(=O)C(CC(C)C)NC(=O)C(N)CCCN=C(N)N)C(=O)NC(CCC(N)=O)C(=O)O. The van der Waals surface area contributed by atoms with Gasteiger partial charge in [0.2, 0.25) is 23.6 Å². The molecule has 0 aromatic heterocycles. The van der Waals surface area contributed by atoms with Crippen LogP contribution in [0.4, 0.5) is 0 Å². The second-order valence-electron chi connectivity index (χ2n) is 8.99. The average molecular weight is 547 g/mol. The Morgan fingerprint density at radius 2 is 1.43 bits per heavy atom. The van der Waals surface area contributed by atoms with Crippen LogP contribution in [0.25, 0.3) is 0 Å². The molecule has 0 fully saturated rings. The van der Waals surface area contributed by atoms with Crippen LogP contribution in [-0.4, -0.2) is 83.4 Å². The molecule has 0 bridgehead atoms. The number of carbonyl (C=O) groups is 5. The number of hydrogen-bond acceptors (Lipinski definition) is 8. The van der Waals surface area contributed by atoms with Gasteiger partial charge in [-0.05, 0) is 50.0 Å². The molecule has 12 N–H and O–H groups in total. The molecular weight excluding hydrogens is 504 g/mol. The number of carboxylic acids is 1. The number of amides is 4. The summed E-state index contributed by atoms with van der Waals surface area (Å²) in [5, 5.41) is 17.0. The van der Waals surface area contributed by atoms with Crippen LogP contribution in [0, 0.1) is 5.92 Å². The number of nitrogens with two attached hydrogens (primary N) is 4. The minimum atomic E-state index is -1.35. The molecule has 0 saturated carbocycles. The van der Waals surface area contributed by atoms with Gasteiger partial charge in [-0.1, -0.05) is 13.8 Å². The predicted octanol–water partition coefficient (Wildman–Crippen LogP) is -2.03. The van der Waals surface area contributed by atoms with Crippen molar-refractivity contribution in [1.29, 1.82) is 0 Å². The molecule has 0 aliphatic carbocycles. The molecule has 0 spiro atoms. The molecule has 4 atom stereocenters. The average Bonchev–Trinajstić information content (AvgIpc) is 2.80. The molecule has 37 heavy (non-hydrogen) atoms. The van der Waals surface area contributed by atoms with E-state index in [0.29, 0.717) is 25.1 Å². The third-order valence-corrected chi connectivity index (χ3v) is 5.83. The molecule has 0 aliphatic rings. The maximum absolute atomic E-state index is 13.1. The van der Waals surface area contributed by atoms with Gasteiger partial charge in [-0.3, -0.25) is 24.2 Å². The summed E-state index contributed by atoms with van der Waals surface area (Å²) in [6.07, 6.45) is 2.66. The lowest BCUT2D eigenvalue weighted by molar-refractivity contribution is -0.142. The lowest BCUT2D eigenvalue weighted by Gasteiger charge is -2.26. The first-order valence-corrected chi connectivity index (χ1v) is 13.4. The maximum Gasteiger partial charge on any atom is 0.326 e. The Morgan fingerprint density at radius 3 is 1.95 bits per heavy atom. The number of aliphatic imine (C=N–C) groups is 1. The molecule has 0 aromatic carbocycles. The molecule has 0 saturated heterocycles. The Bertz CT molecular complexity index is 806. The van der Waals surface area contributed by atoms with Crippen molar-refractivity contribution >= 4 is 47.3 Å². The highest BCUT2D eigenvalue weighted by Gasteiger charge is 2.30. The highest BCUT2D eigenvalue weighted by atomic mass is 32.2. The van der Waals surface area contributed by atoms with E-state index in [2.05, 4.69) is 20.9 Å². The number of rotatable bonds is 19. The van der Waals surface area contributed by atoms with Gasteiger partial charge in [0.25, 0.3) is 0 Å². The quantitative estimate of drug-likeness (QED) is 0.0500. The van der Waals surface area contributed by atoms with Gasteiger partial charge in [0, 0.05) is 13.0 Å². The van der Waals surface area contributed by atoms with Crippen molar-refractivity contribution in [3.05, 3.63) is 0 Å². The van der Waals surface area contributed by atoms with Crippen molar-refractivity contribution < 1.29 is 29.1 Å². The minimum Gasteiger partial charge on any atom is -0.480 e. The van der Waals surface area contributed by atoms with Gasteiger partial charge >= 0.3 is 5.97 Å². The van der Waals surface area contributed by atoms with Crippen LogP contribution in [0.3, 0.4) is 0 Å². The zero-order valence-electron chi connectivity index (χ0n) is 21.7. The van der Waals surface area contributed by atoms with E-state index in [-0.39, 0.29) is 37.6 Å². The van der Waals surface area contributed by atoms with E-state index in [9.17, 15) is 29.1 Å². The van der Waals surface area contributed by atoms with Crippen molar-refractivity contribution in [1.82, 2.24) is 16.0 Å². The number of carboxylic acid groups (broad SMARTS) is 1. The number of nitrogens with zero attached hydrogens (tertiary/aromatic N) is 1. The summed E-state index contributed by atoms with van der Waals surface area (Å²) in [5.74, 6) is -3.41. The zero-order valence-corrected chi connectivity index (χ0v) is 22.5. The van der Waals surface area contributed by atoms with E-state index in [0.717, 1.165) is 0 Å². The molecule has 212 valence electrons. The minimum absolute atomic E-state index is 0.0257. The Hall–Kier alpha value is -3.07. The topological polar surface area (TPSA) is 258 Å². The second kappa shape index (κ2) is 18.2. The standard InChI is InChI=1S/C22H42N8O6S/c1-12(2)11-16(30-18(32)13(23)5-4-9-27-22(25)26)20(34)28-14(8-10-37-3)19(33)29-15(21(35)36)6-7-17(24)31/h12-16H,4-11,23H2,1-3H3,(H2,24,31)(H,28,34)(H,29,33)(H,30,32)(H,35,36)(H4,25,26,27). The van der Waals surface area contributed by atoms with Crippen LogP contribution in [0.15, 0.2) is 4.99 Å². The van der Waals surface area contributed by atoms with Gasteiger partial charge in [0.1, 0.15) is 18.1 Å². The summed E-state index contributed by atoms with van der Waals surface area (Å²) in [7, 11) is 0. The highest BCUT2D eigenvalue weighted by Crippen LogP contribution is 2.09. The maximum atomic E-state index is 13.1. The van der Waals surface area contributed by atoms with E-state index >= 15 is 0 Å². The number of thioether (sulfide) groups is 1. The van der Waals surface area contributed by atoms with Gasteiger partial charge in [-0.25, -0.2) is 4.79 Å². The van der Waals surface area contributed by atoms with E-state index < -0.39 is 53.8 Å². The summed E-state index contributed by atoms with van der Waals surface area (Å²) < 4.78 is 0. The first kappa shape index (κ1) is 33.9. The molecule has 0 radical (unpaired) electrons. The van der Waals surface area contributed by atoms with E-state index in [1.54, 1.807) is 0 Å². The Balaban J connectivity index is 5.39. The Labute approximate surface area is 221 Å². The first-order valence-electron chi connectivity index (χ1n) is 12.0. The van der Waals surface area contributed by atoms with Gasteiger partial charge < -0.3 is 44.0 Å². The zero-order chi connectivity index (χ0) is 28.5. The Kier molecular flexibility index (Phi) is 16.7.